The van der Waals surface area contributed by atoms with Crippen LogP contribution in [0.2, 0.25) is 0 Å². The summed E-state index contributed by atoms with van der Waals surface area (Å²) in [5.74, 6) is 1.79. The lowest BCUT2D eigenvalue weighted by Crippen LogP contribution is -2.32. The van der Waals surface area contributed by atoms with E-state index in [0.29, 0.717) is 0 Å². The predicted octanol–water partition coefficient (Wildman–Crippen LogP) is 12.5. The molecular weight excluding hydrogens is 789 g/mol. The van der Waals surface area contributed by atoms with Gasteiger partial charge < -0.3 is 32.4 Å². The Bertz CT molecular complexity index is 2690. The monoisotopic (exact) mass is 855 g/mol. The first-order valence-corrected chi connectivity index (χ1v) is 23.5. The quantitative estimate of drug-likeness (QED) is 0.0246. The van der Waals surface area contributed by atoms with Crippen molar-refractivity contribution in [3.05, 3.63) is 121 Å². The molecule has 0 amide bonds. The number of aryl methyl sites for hydroxylation is 2. The number of nitrogens with two attached hydrogens (primary N) is 4. The number of aromatic nitrogens is 2. The Morgan fingerprint density at radius 1 is 0.344 bits per heavy atom. The number of hydrogen-bond donors (Lipinski definition) is 4. The molecule has 0 spiro atoms. The summed E-state index contributed by atoms with van der Waals surface area (Å²) in [4.78, 5) is 0. The highest BCUT2D eigenvalue weighted by atomic mass is 16.5. The van der Waals surface area contributed by atoms with E-state index < -0.39 is 0 Å². The van der Waals surface area contributed by atoms with Gasteiger partial charge >= 0.3 is 0 Å². The van der Waals surface area contributed by atoms with Crippen LogP contribution >= 0.6 is 0 Å². The second-order valence-electron chi connectivity index (χ2n) is 17.7. The molecule has 0 unspecified atom stereocenters. The summed E-state index contributed by atoms with van der Waals surface area (Å²) in [6.07, 6.45) is 17.8. The van der Waals surface area contributed by atoms with Crippen LogP contribution in [0.5, 0.6) is 11.5 Å². The average Bonchev–Trinajstić information content (AvgIpc) is 3.29. The zero-order valence-electron chi connectivity index (χ0n) is 37.9. The highest BCUT2D eigenvalue weighted by Crippen LogP contribution is 2.36. The van der Waals surface area contributed by atoms with Crippen molar-refractivity contribution in [1.29, 1.82) is 0 Å². The van der Waals surface area contributed by atoms with Crippen molar-refractivity contribution >= 4 is 66.1 Å². The van der Waals surface area contributed by atoms with Gasteiger partial charge in [0.2, 0.25) is 22.4 Å². The second kappa shape index (κ2) is 20.8. The number of anilines is 4. The van der Waals surface area contributed by atoms with Crippen LogP contribution in [0.25, 0.3) is 65.9 Å². The standard InChI is InChI=1S/C56H64N6O2/c1-61-53-37-43(59)25-29-49(53)47-27-23-41(57)35-51(47)55(61)39-19-17-21-45(33-39)63-31-15-13-11-9-7-5-3-4-6-8-10-12-14-16-32-64-46-22-18-20-40(34-46)56-52-36-42(58)24-28-48(52)50-30-26-44(60)38-54(50)62(56)2/h17-30,33-38,59-60H,3-16,31-32,57-58H2,1-2H3/p+2. The molecule has 8 heteroatoms. The molecular formula is C56H66N6O2+2. The van der Waals surface area contributed by atoms with Gasteiger partial charge in [-0.3, -0.25) is 0 Å². The van der Waals surface area contributed by atoms with Gasteiger partial charge in [-0.1, -0.05) is 101 Å². The van der Waals surface area contributed by atoms with Gasteiger partial charge in [-0.15, -0.1) is 0 Å². The number of nitrogens with zero attached hydrogens (tertiary/aromatic N) is 2. The van der Waals surface area contributed by atoms with Crippen LogP contribution in [0.4, 0.5) is 22.7 Å². The third-order valence-corrected chi connectivity index (χ3v) is 12.9. The highest BCUT2D eigenvalue weighted by Gasteiger charge is 2.23. The molecule has 2 heterocycles. The van der Waals surface area contributed by atoms with E-state index >= 15 is 0 Å². The average molecular weight is 855 g/mol. The number of hydrogen-bond acceptors (Lipinski definition) is 6. The van der Waals surface area contributed by atoms with Crippen molar-refractivity contribution in [2.75, 3.05) is 36.1 Å². The molecule has 0 fully saturated rings. The predicted molar refractivity (Wildman–Crippen MR) is 269 cm³/mol. The summed E-state index contributed by atoms with van der Waals surface area (Å²) < 4.78 is 17.0. The fourth-order valence-corrected chi connectivity index (χ4v) is 9.57. The van der Waals surface area contributed by atoms with Crippen molar-refractivity contribution in [3.63, 3.8) is 0 Å². The maximum Gasteiger partial charge on any atom is 0.220 e. The van der Waals surface area contributed by atoms with Crippen LogP contribution in [0.15, 0.2) is 121 Å². The lowest BCUT2D eigenvalue weighted by atomic mass is 9.98. The zero-order chi connectivity index (χ0) is 44.4. The molecule has 8 rings (SSSR count). The molecule has 0 radical (unpaired) electrons. The number of pyridine rings is 2. The van der Waals surface area contributed by atoms with E-state index in [9.17, 15) is 0 Å². The number of nitrogen functional groups attached to an aromatic ring is 4. The molecule has 6 aromatic carbocycles. The molecule has 8 aromatic rings. The van der Waals surface area contributed by atoms with E-state index in [-0.39, 0.29) is 0 Å². The molecule has 0 aliphatic heterocycles. The van der Waals surface area contributed by atoms with Gasteiger partial charge in [-0.2, -0.15) is 9.13 Å². The molecule has 0 aliphatic rings. The minimum Gasteiger partial charge on any atom is -0.494 e. The largest absolute Gasteiger partial charge is 0.494 e. The summed E-state index contributed by atoms with van der Waals surface area (Å²) in [6, 6.07) is 41.4. The van der Waals surface area contributed by atoms with Gasteiger partial charge in [0.1, 0.15) is 25.6 Å². The Kier molecular flexibility index (Phi) is 14.3. The van der Waals surface area contributed by atoms with E-state index in [4.69, 9.17) is 32.4 Å². The van der Waals surface area contributed by atoms with Crippen molar-refractivity contribution < 1.29 is 18.6 Å². The lowest BCUT2D eigenvalue weighted by Gasteiger charge is -2.12. The number of benzene rings is 6. The zero-order valence-corrected chi connectivity index (χ0v) is 37.9. The van der Waals surface area contributed by atoms with Crippen LogP contribution in [-0.2, 0) is 14.1 Å². The number of ether oxygens (including phenoxy) is 2. The van der Waals surface area contributed by atoms with Crippen molar-refractivity contribution in [3.8, 4) is 34.0 Å². The minimum atomic E-state index is 0.732. The second-order valence-corrected chi connectivity index (χ2v) is 17.7. The molecule has 64 heavy (non-hydrogen) atoms. The van der Waals surface area contributed by atoms with E-state index in [0.717, 1.165) is 126 Å². The molecule has 0 saturated carbocycles. The first-order valence-electron chi connectivity index (χ1n) is 23.5. The highest BCUT2D eigenvalue weighted by molar-refractivity contribution is 6.11. The van der Waals surface area contributed by atoms with E-state index in [1.54, 1.807) is 0 Å². The maximum absolute atomic E-state index is 6.28. The molecule has 8 nitrogen and oxygen atoms in total. The molecule has 330 valence electrons. The van der Waals surface area contributed by atoms with Crippen LogP contribution in [-0.4, -0.2) is 13.2 Å². The van der Waals surface area contributed by atoms with Gasteiger partial charge in [-0.05, 0) is 97.8 Å². The Labute approximate surface area is 378 Å². The molecule has 0 bridgehead atoms. The van der Waals surface area contributed by atoms with E-state index in [1.807, 2.05) is 36.4 Å². The molecule has 2 aromatic heterocycles. The van der Waals surface area contributed by atoms with Crippen LogP contribution in [0.3, 0.4) is 0 Å². The number of fused-ring (bicyclic) bond motifs is 6. The van der Waals surface area contributed by atoms with E-state index in [1.165, 1.54) is 77.0 Å². The van der Waals surface area contributed by atoms with Gasteiger partial charge in [0.25, 0.3) is 0 Å². The van der Waals surface area contributed by atoms with Crippen LogP contribution in [0.1, 0.15) is 89.9 Å². The Hall–Kier alpha value is -6.54. The third-order valence-electron chi connectivity index (χ3n) is 12.9. The van der Waals surface area contributed by atoms with Crippen LogP contribution in [0, 0.1) is 0 Å². The molecule has 8 N–H and O–H groups in total. The summed E-state index contributed by atoms with van der Waals surface area (Å²) in [7, 11) is 4.19. The first kappa shape index (κ1) is 44.1. The normalized spacial score (nSPS) is 11.6. The fourth-order valence-electron chi connectivity index (χ4n) is 9.57. The van der Waals surface area contributed by atoms with Gasteiger partial charge in [0, 0.05) is 45.7 Å². The van der Waals surface area contributed by atoms with Crippen molar-refractivity contribution in [2.45, 2.75) is 89.9 Å². The molecule has 0 aliphatic carbocycles. The SMILES string of the molecule is C[n+]1c(-c2cccc(OCCCCCCCCCCCCCCCCOc3cccc(-c4c5cc(N)ccc5c5ccc(N)cc5[n+]4C)c3)c2)c2cc(N)ccc2c2ccc(N)cc21. The molecule has 0 saturated heterocycles. The van der Waals surface area contributed by atoms with Gasteiger partial charge in [-0.25, -0.2) is 0 Å². The van der Waals surface area contributed by atoms with Gasteiger partial charge in [0.05, 0.1) is 45.9 Å². The minimum absolute atomic E-state index is 0.732. The summed E-state index contributed by atoms with van der Waals surface area (Å²) in [6.45, 7) is 1.46. The maximum atomic E-state index is 6.28. The number of rotatable bonds is 21. The Balaban J connectivity index is 0.679. The first-order chi connectivity index (χ1) is 31.2. The number of unbranched alkanes of at least 4 members (excludes halogenated alkanes) is 13. The lowest BCUT2D eigenvalue weighted by molar-refractivity contribution is -0.632. The topological polar surface area (TPSA) is 130 Å². The Morgan fingerprint density at radius 3 is 1.05 bits per heavy atom. The van der Waals surface area contributed by atoms with E-state index in [2.05, 4.69) is 108 Å². The smallest absolute Gasteiger partial charge is 0.220 e. The third kappa shape index (κ3) is 10.3. The van der Waals surface area contributed by atoms with Gasteiger partial charge in [0.15, 0.2) is 0 Å². The molecule has 0 atom stereocenters. The summed E-state index contributed by atoms with van der Waals surface area (Å²) >= 11 is 0. The van der Waals surface area contributed by atoms with Crippen molar-refractivity contribution in [1.82, 2.24) is 0 Å². The summed E-state index contributed by atoms with van der Waals surface area (Å²) in [5, 5.41) is 6.87. The fraction of sp³-hybridized carbons (Fsp3) is 0.321. The Morgan fingerprint density at radius 2 is 0.672 bits per heavy atom. The van der Waals surface area contributed by atoms with Crippen molar-refractivity contribution in [2.24, 2.45) is 14.1 Å². The van der Waals surface area contributed by atoms with Crippen LogP contribution < -0.4 is 41.5 Å². The summed E-state index contributed by atoms with van der Waals surface area (Å²) in [5.41, 5.74) is 34.6.